The number of phenols is 1. The number of nitro benzene ring substituents is 1. The number of nitrogens with one attached hydrogen (secondary N) is 1. The van der Waals surface area contributed by atoms with Gasteiger partial charge in [-0.1, -0.05) is 6.92 Å². The summed E-state index contributed by atoms with van der Waals surface area (Å²) in [6.45, 7) is 2.06. The van der Waals surface area contributed by atoms with Gasteiger partial charge in [-0.25, -0.2) is 9.97 Å². The molecular formula is C15H13N5O3S. The summed E-state index contributed by atoms with van der Waals surface area (Å²) in [5, 5.41) is 25.4. The highest BCUT2D eigenvalue weighted by atomic mass is 32.1. The van der Waals surface area contributed by atoms with Gasteiger partial charge in [0.1, 0.15) is 16.9 Å². The molecule has 2 N–H and O–H groups in total. The Morgan fingerprint density at radius 1 is 1.42 bits per heavy atom. The van der Waals surface area contributed by atoms with E-state index >= 15 is 0 Å². The SMILES string of the molecule is CCc1cc2c(NN=Cc3cc([N+](=O)[O-])ccc3O)ncnc2s1. The van der Waals surface area contributed by atoms with Crippen molar-refractivity contribution in [2.24, 2.45) is 5.10 Å². The molecule has 2 aromatic heterocycles. The van der Waals surface area contributed by atoms with Crippen LogP contribution in [0.2, 0.25) is 0 Å². The lowest BCUT2D eigenvalue weighted by Gasteiger charge is -2.01. The number of thiophene rings is 1. The molecular weight excluding hydrogens is 330 g/mol. The number of hydrogen-bond donors (Lipinski definition) is 2. The summed E-state index contributed by atoms with van der Waals surface area (Å²) in [5.41, 5.74) is 2.91. The molecule has 0 saturated carbocycles. The van der Waals surface area contributed by atoms with Gasteiger partial charge in [-0.15, -0.1) is 11.3 Å². The van der Waals surface area contributed by atoms with Gasteiger partial charge in [0.2, 0.25) is 0 Å². The number of non-ortho nitro benzene ring substituents is 1. The molecule has 0 bridgehead atoms. The van der Waals surface area contributed by atoms with Crippen LogP contribution in [0, 0.1) is 10.1 Å². The van der Waals surface area contributed by atoms with Crippen LogP contribution in [0.25, 0.3) is 10.2 Å². The molecule has 9 heteroatoms. The van der Waals surface area contributed by atoms with Crippen molar-refractivity contribution >= 4 is 39.3 Å². The van der Waals surface area contributed by atoms with Crippen LogP contribution in [0.1, 0.15) is 17.4 Å². The number of fused-ring (bicyclic) bond motifs is 1. The van der Waals surface area contributed by atoms with Crippen LogP contribution in [-0.4, -0.2) is 26.2 Å². The Hall–Kier alpha value is -3.07. The minimum atomic E-state index is -0.532. The number of rotatable bonds is 5. The first-order valence-corrected chi connectivity index (χ1v) is 7.90. The number of nitro groups is 1. The van der Waals surface area contributed by atoms with Crippen LogP contribution in [0.4, 0.5) is 11.5 Å². The van der Waals surface area contributed by atoms with Gasteiger partial charge >= 0.3 is 0 Å². The minimum Gasteiger partial charge on any atom is -0.507 e. The average Bonchev–Trinajstić information content (AvgIpc) is 3.00. The number of hydrazone groups is 1. The van der Waals surface area contributed by atoms with Gasteiger partial charge in [-0.05, 0) is 18.6 Å². The first-order chi connectivity index (χ1) is 11.6. The molecule has 24 heavy (non-hydrogen) atoms. The van der Waals surface area contributed by atoms with Crippen molar-refractivity contribution in [2.75, 3.05) is 5.43 Å². The normalized spacial score (nSPS) is 11.2. The highest BCUT2D eigenvalue weighted by Gasteiger charge is 2.09. The first-order valence-electron chi connectivity index (χ1n) is 7.08. The maximum Gasteiger partial charge on any atom is 0.270 e. The van der Waals surface area contributed by atoms with Gasteiger partial charge in [-0.2, -0.15) is 5.10 Å². The van der Waals surface area contributed by atoms with Crippen molar-refractivity contribution in [2.45, 2.75) is 13.3 Å². The Kier molecular flexibility index (Phi) is 4.34. The molecule has 0 aliphatic rings. The summed E-state index contributed by atoms with van der Waals surface area (Å²) in [6.07, 6.45) is 3.66. The molecule has 1 aromatic carbocycles. The molecule has 122 valence electrons. The summed E-state index contributed by atoms with van der Waals surface area (Å²) in [7, 11) is 0. The third-order valence-corrected chi connectivity index (χ3v) is 4.51. The van der Waals surface area contributed by atoms with Crippen molar-refractivity contribution in [3.63, 3.8) is 0 Å². The molecule has 0 atom stereocenters. The van der Waals surface area contributed by atoms with Gasteiger partial charge in [0.15, 0.2) is 5.82 Å². The second kappa shape index (κ2) is 6.59. The third-order valence-electron chi connectivity index (χ3n) is 3.32. The largest absolute Gasteiger partial charge is 0.507 e. The predicted octanol–water partition coefficient (Wildman–Crippen LogP) is 3.31. The number of nitrogens with zero attached hydrogens (tertiary/aromatic N) is 4. The quantitative estimate of drug-likeness (QED) is 0.417. The van der Waals surface area contributed by atoms with Crippen LogP contribution in [0.5, 0.6) is 5.75 Å². The Balaban J connectivity index is 1.86. The Morgan fingerprint density at radius 2 is 2.25 bits per heavy atom. The molecule has 0 saturated heterocycles. The Labute approximate surface area is 140 Å². The highest BCUT2D eigenvalue weighted by molar-refractivity contribution is 7.18. The number of aromatic nitrogens is 2. The molecule has 0 aliphatic heterocycles. The fourth-order valence-electron chi connectivity index (χ4n) is 2.09. The van der Waals surface area contributed by atoms with E-state index < -0.39 is 4.92 Å². The number of hydrogen-bond acceptors (Lipinski definition) is 8. The van der Waals surface area contributed by atoms with Crippen LogP contribution in [-0.2, 0) is 6.42 Å². The van der Waals surface area contributed by atoms with Gasteiger partial charge in [0.25, 0.3) is 5.69 Å². The monoisotopic (exact) mass is 343 g/mol. The van der Waals surface area contributed by atoms with Crippen LogP contribution in [0.3, 0.4) is 0 Å². The highest BCUT2D eigenvalue weighted by Crippen LogP contribution is 2.28. The van der Waals surface area contributed by atoms with Crippen LogP contribution < -0.4 is 5.43 Å². The van der Waals surface area contributed by atoms with E-state index in [0.29, 0.717) is 5.82 Å². The van der Waals surface area contributed by atoms with Gasteiger partial charge in [-0.3, -0.25) is 15.5 Å². The minimum absolute atomic E-state index is 0.0946. The summed E-state index contributed by atoms with van der Waals surface area (Å²) in [5.74, 6) is 0.444. The zero-order valence-corrected chi connectivity index (χ0v) is 13.4. The van der Waals surface area contributed by atoms with E-state index in [4.69, 9.17) is 0 Å². The van der Waals surface area contributed by atoms with E-state index in [0.717, 1.165) is 16.6 Å². The average molecular weight is 343 g/mol. The van der Waals surface area contributed by atoms with Gasteiger partial charge in [0.05, 0.1) is 16.5 Å². The molecule has 0 amide bonds. The summed E-state index contributed by atoms with van der Waals surface area (Å²) in [4.78, 5) is 20.7. The second-order valence-electron chi connectivity index (χ2n) is 4.88. The van der Waals surface area contributed by atoms with Gasteiger partial charge in [0, 0.05) is 22.6 Å². The van der Waals surface area contributed by atoms with E-state index in [1.807, 2.05) is 6.07 Å². The zero-order valence-electron chi connectivity index (χ0n) is 12.6. The third kappa shape index (κ3) is 3.15. The molecule has 0 fully saturated rings. The smallest absolute Gasteiger partial charge is 0.270 e. The van der Waals surface area contributed by atoms with E-state index in [2.05, 4.69) is 27.4 Å². The van der Waals surface area contributed by atoms with Crippen molar-refractivity contribution in [1.82, 2.24) is 9.97 Å². The van der Waals surface area contributed by atoms with E-state index in [9.17, 15) is 15.2 Å². The lowest BCUT2D eigenvalue weighted by atomic mass is 10.2. The Morgan fingerprint density at radius 3 is 3.00 bits per heavy atom. The fourth-order valence-corrected chi connectivity index (χ4v) is 3.03. The van der Waals surface area contributed by atoms with Crippen LogP contribution in [0.15, 0.2) is 35.7 Å². The van der Waals surface area contributed by atoms with E-state index in [1.54, 1.807) is 11.3 Å². The number of aromatic hydroxyl groups is 1. The first kappa shape index (κ1) is 15.8. The van der Waals surface area contributed by atoms with E-state index in [-0.39, 0.29) is 17.0 Å². The predicted molar refractivity (Wildman–Crippen MR) is 92.8 cm³/mol. The molecule has 2 heterocycles. The number of phenolic OH excluding ortho intramolecular Hbond substituents is 1. The van der Waals surface area contributed by atoms with Crippen LogP contribution >= 0.6 is 11.3 Å². The number of benzene rings is 1. The fraction of sp³-hybridized carbons (Fsp3) is 0.133. The maximum absolute atomic E-state index is 10.8. The number of aryl methyl sites for hydroxylation is 1. The van der Waals surface area contributed by atoms with Crippen molar-refractivity contribution < 1.29 is 10.0 Å². The number of anilines is 1. The molecule has 3 rings (SSSR count). The molecule has 3 aromatic rings. The van der Waals surface area contributed by atoms with Gasteiger partial charge < -0.3 is 5.11 Å². The second-order valence-corrected chi connectivity index (χ2v) is 5.99. The summed E-state index contributed by atoms with van der Waals surface area (Å²) >= 11 is 1.59. The van der Waals surface area contributed by atoms with Crippen molar-refractivity contribution in [3.05, 3.63) is 51.1 Å². The molecule has 8 nitrogen and oxygen atoms in total. The standard InChI is InChI=1S/C15H13N5O3S/c1-2-11-6-12-14(16-8-17-15(12)24-11)19-18-7-9-5-10(20(22)23)3-4-13(9)21/h3-8,21H,2H2,1H3,(H,16,17,19). The van der Waals surface area contributed by atoms with Crippen molar-refractivity contribution in [1.29, 1.82) is 0 Å². The lowest BCUT2D eigenvalue weighted by Crippen LogP contribution is -1.95. The van der Waals surface area contributed by atoms with Crippen molar-refractivity contribution in [3.8, 4) is 5.75 Å². The summed E-state index contributed by atoms with van der Waals surface area (Å²) < 4.78 is 0. The molecule has 0 unspecified atom stereocenters. The maximum atomic E-state index is 10.8. The zero-order chi connectivity index (χ0) is 17.1. The topological polar surface area (TPSA) is 114 Å². The lowest BCUT2D eigenvalue weighted by molar-refractivity contribution is -0.384. The molecule has 0 radical (unpaired) electrons. The Bertz CT molecular complexity index is 938. The summed E-state index contributed by atoms with van der Waals surface area (Å²) in [6, 6.07) is 5.74. The van der Waals surface area contributed by atoms with E-state index in [1.165, 1.54) is 35.6 Å². The molecule has 0 spiro atoms. The molecule has 0 aliphatic carbocycles.